The predicted molar refractivity (Wildman–Crippen MR) is 93.8 cm³/mol. The van der Waals surface area contributed by atoms with Crippen molar-refractivity contribution in [3.05, 3.63) is 66.1 Å². The number of nitrogens with zero attached hydrogens (tertiary/aromatic N) is 2. The first kappa shape index (κ1) is 14.2. The van der Waals surface area contributed by atoms with E-state index < -0.39 is 0 Å². The average molecular weight is 317 g/mol. The standard InChI is InChI=1S/C18H15N5O/c24-18(9-17-21-15-7-3-4-8-16(15)22-17)23-20-11-12-10-19-14-6-2-1-5-13(12)14/h1-8,10-11,19H,9H2,(H,21,22)(H,23,24)/b20-11-. The summed E-state index contributed by atoms with van der Waals surface area (Å²) in [7, 11) is 0. The molecule has 0 aliphatic rings. The molecule has 2 aromatic heterocycles. The average Bonchev–Trinajstić information content (AvgIpc) is 3.18. The molecule has 3 N–H and O–H groups in total. The highest BCUT2D eigenvalue weighted by Gasteiger charge is 2.07. The lowest BCUT2D eigenvalue weighted by molar-refractivity contribution is -0.120. The van der Waals surface area contributed by atoms with Crippen LogP contribution in [0.25, 0.3) is 21.9 Å². The number of rotatable bonds is 4. The van der Waals surface area contributed by atoms with Gasteiger partial charge in [0.1, 0.15) is 5.82 Å². The third kappa shape index (κ3) is 2.77. The minimum atomic E-state index is -0.217. The zero-order chi connectivity index (χ0) is 16.4. The van der Waals surface area contributed by atoms with Gasteiger partial charge in [0.15, 0.2) is 0 Å². The van der Waals surface area contributed by atoms with Gasteiger partial charge in [-0.15, -0.1) is 0 Å². The maximum Gasteiger partial charge on any atom is 0.247 e. The van der Waals surface area contributed by atoms with Crippen LogP contribution >= 0.6 is 0 Å². The van der Waals surface area contributed by atoms with E-state index in [-0.39, 0.29) is 12.3 Å². The van der Waals surface area contributed by atoms with Crippen molar-refractivity contribution in [3.63, 3.8) is 0 Å². The number of aromatic amines is 2. The van der Waals surface area contributed by atoms with Crippen LogP contribution < -0.4 is 5.43 Å². The van der Waals surface area contributed by atoms with Gasteiger partial charge in [0.25, 0.3) is 0 Å². The van der Waals surface area contributed by atoms with Gasteiger partial charge in [0.05, 0.1) is 23.7 Å². The van der Waals surface area contributed by atoms with Gasteiger partial charge in [-0.1, -0.05) is 30.3 Å². The summed E-state index contributed by atoms with van der Waals surface area (Å²) in [4.78, 5) is 22.7. The summed E-state index contributed by atoms with van der Waals surface area (Å²) < 4.78 is 0. The Kier molecular flexibility index (Phi) is 3.55. The molecule has 6 nitrogen and oxygen atoms in total. The van der Waals surface area contributed by atoms with E-state index in [9.17, 15) is 4.79 Å². The van der Waals surface area contributed by atoms with Crippen molar-refractivity contribution in [2.24, 2.45) is 5.10 Å². The molecule has 0 fully saturated rings. The molecule has 4 aromatic rings. The first-order valence-corrected chi connectivity index (χ1v) is 7.61. The SMILES string of the molecule is O=C(Cc1nc2ccccc2[nH]1)N/N=C\c1c[nH]c2ccccc12. The zero-order valence-corrected chi connectivity index (χ0v) is 12.8. The number of nitrogens with one attached hydrogen (secondary N) is 3. The lowest BCUT2D eigenvalue weighted by Crippen LogP contribution is -2.20. The molecule has 0 unspecified atom stereocenters. The molecule has 1 amide bonds. The fourth-order valence-corrected chi connectivity index (χ4v) is 2.66. The number of para-hydroxylation sites is 3. The second kappa shape index (κ2) is 6.00. The molecule has 0 saturated heterocycles. The van der Waals surface area contributed by atoms with Gasteiger partial charge in [-0.25, -0.2) is 10.4 Å². The van der Waals surface area contributed by atoms with Gasteiger partial charge < -0.3 is 9.97 Å². The van der Waals surface area contributed by atoms with Gasteiger partial charge in [-0.05, 0) is 18.2 Å². The largest absolute Gasteiger partial charge is 0.361 e. The molecule has 0 atom stereocenters. The van der Waals surface area contributed by atoms with Crippen LogP contribution in [-0.2, 0) is 11.2 Å². The predicted octanol–water partition coefficient (Wildman–Crippen LogP) is 2.74. The van der Waals surface area contributed by atoms with E-state index >= 15 is 0 Å². The summed E-state index contributed by atoms with van der Waals surface area (Å²) >= 11 is 0. The van der Waals surface area contributed by atoms with Crippen LogP contribution in [0.3, 0.4) is 0 Å². The number of carbonyl (C=O) groups is 1. The number of fused-ring (bicyclic) bond motifs is 2. The van der Waals surface area contributed by atoms with Crippen LogP contribution in [-0.4, -0.2) is 27.1 Å². The molecule has 6 heteroatoms. The number of H-pyrrole nitrogens is 2. The monoisotopic (exact) mass is 317 g/mol. The van der Waals surface area contributed by atoms with Crippen molar-refractivity contribution in [2.45, 2.75) is 6.42 Å². The lowest BCUT2D eigenvalue weighted by Gasteiger charge is -1.96. The quantitative estimate of drug-likeness (QED) is 0.399. The Morgan fingerprint density at radius 1 is 1.12 bits per heavy atom. The molecule has 0 spiro atoms. The summed E-state index contributed by atoms with van der Waals surface area (Å²) in [6.45, 7) is 0. The fourth-order valence-electron chi connectivity index (χ4n) is 2.66. The third-order valence-electron chi connectivity index (χ3n) is 3.78. The summed E-state index contributed by atoms with van der Waals surface area (Å²) in [5.41, 5.74) is 6.26. The molecule has 4 rings (SSSR count). The molecule has 2 aromatic carbocycles. The van der Waals surface area contributed by atoms with Gasteiger partial charge in [-0.2, -0.15) is 5.10 Å². The topological polar surface area (TPSA) is 85.9 Å². The summed E-state index contributed by atoms with van der Waals surface area (Å²) in [6, 6.07) is 15.6. The second-order valence-corrected chi connectivity index (χ2v) is 5.46. The van der Waals surface area contributed by atoms with E-state index in [1.807, 2.05) is 54.7 Å². The Labute approximate surface area is 137 Å². The van der Waals surface area contributed by atoms with Crippen molar-refractivity contribution in [3.8, 4) is 0 Å². The van der Waals surface area contributed by atoms with Crippen molar-refractivity contribution < 1.29 is 4.79 Å². The summed E-state index contributed by atoms with van der Waals surface area (Å²) in [5.74, 6) is 0.404. The molecular weight excluding hydrogens is 302 g/mol. The van der Waals surface area contributed by atoms with Crippen molar-refractivity contribution in [1.82, 2.24) is 20.4 Å². The fraction of sp³-hybridized carbons (Fsp3) is 0.0556. The molecule has 0 aliphatic carbocycles. The van der Waals surface area contributed by atoms with E-state index in [1.54, 1.807) is 6.21 Å². The molecule has 0 radical (unpaired) electrons. The number of hydrogen-bond acceptors (Lipinski definition) is 3. The lowest BCUT2D eigenvalue weighted by atomic mass is 10.2. The third-order valence-corrected chi connectivity index (χ3v) is 3.78. The van der Waals surface area contributed by atoms with E-state index in [0.717, 1.165) is 27.5 Å². The van der Waals surface area contributed by atoms with E-state index in [4.69, 9.17) is 0 Å². The Hall–Kier alpha value is -3.41. The van der Waals surface area contributed by atoms with E-state index in [0.29, 0.717) is 5.82 Å². The maximum atomic E-state index is 12.0. The summed E-state index contributed by atoms with van der Waals surface area (Å²) in [6.07, 6.45) is 3.65. The van der Waals surface area contributed by atoms with Crippen LogP contribution in [0.2, 0.25) is 0 Å². The zero-order valence-electron chi connectivity index (χ0n) is 12.8. The first-order valence-electron chi connectivity index (χ1n) is 7.61. The molecule has 0 saturated carbocycles. The first-order chi connectivity index (χ1) is 11.8. The Balaban J connectivity index is 1.42. The molecular formula is C18H15N5O. The number of imidazole rings is 1. The highest BCUT2D eigenvalue weighted by molar-refractivity contribution is 5.99. The molecule has 0 aliphatic heterocycles. The van der Waals surface area contributed by atoms with E-state index in [1.165, 1.54) is 0 Å². The van der Waals surface area contributed by atoms with Crippen LogP contribution in [0, 0.1) is 0 Å². The number of hydrazone groups is 1. The number of benzene rings is 2. The highest BCUT2D eigenvalue weighted by Crippen LogP contribution is 2.15. The van der Waals surface area contributed by atoms with Crippen LogP contribution in [0.1, 0.15) is 11.4 Å². The van der Waals surface area contributed by atoms with E-state index in [2.05, 4.69) is 25.5 Å². The maximum absolute atomic E-state index is 12.0. The number of hydrogen-bond donors (Lipinski definition) is 3. The number of aromatic nitrogens is 3. The van der Waals surface area contributed by atoms with Gasteiger partial charge in [0, 0.05) is 22.7 Å². The molecule has 2 heterocycles. The Morgan fingerprint density at radius 2 is 1.92 bits per heavy atom. The molecule has 0 bridgehead atoms. The summed E-state index contributed by atoms with van der Waals surface area (Å²) in [5, 5.41) is 5.09. The number of amides is 1. The number of carbonyl (C=O) groups excluding carboxylic acids is 1. The Morgan fingerprint density at radius 3 is 2.79 bits per heavy atom. The molecule has 24 heavy (non-hydrogen) atoms. The van der Waals surface area contributed by atoms with Crippen molar-refractivity contribution in [2.75, 3.05) is 0 Å². The normalized spacial score (nSPS) is 11.5. The van der Waals surface area contributed by atoms with Gasteiger partial charge in [-0.3, -0.25) is 4.79 Å². The highest BCUT2D eigenvalue weighted by atomic mass is 16.2. The van der Waals surface area contributed by atoms with Crippen LogP contribution in [0.4, 0.5) is 0 Å². The minimum Gasteiger partial charge on any atom is -0.361 e. The van der Waals surface area contributed by atoms with Gasteiger partial charge in [0.2, 0.25) is 5.91 Å². The van der Waals surface area contributed by atoms with Crippen molar-refractivity contribution >= 4 is 34.1 Å². The Bertz CT molecular complexity index is 1010. The van der Waals surface area contributed by atoms with Crippen LogP contribution in [0.15, 0.2) is 59.8 Å². The smallest absolute Gasteiger partial charge is 0.247 e. The molecule has 118 valence electrons. The van der Waals surface area contributed by atoms with Crippen LogP contribution in [0.5, 0.6) is 0 Å². The van der Waals surface area contributed by atoms with Gasteiger partial charge >= 0.3 is 0 Å². The minimum absolute atomic E-state index is 0.153. The van der Waals surface area contributed by atoms with Crippen molar-refractivity contribution in [1.29, 1.82) is 0 Å². The second-order valence-electron chi connectivity index (χ2n) is 5.46.